The zero-order valence-electron chi connectivity index (χ0n) is 12.0. The highest BCUT2D eigenvalue weighted by Crippen LogP contribution is 2.40. The van der Waals surface area contributed by atoms with E-state index in [0.29, 0.717) is 22.9 Å². The van der Waals surface area contributed by atoms with Crippen molar-refractivity contribution in [3.05, 3.63) is 12.1 Å². The maximum atomic E-state index is 12.0. The first-order valence-corrected chi connectivity index (χ1v) is 7.46. The van der Waals surface area contributed by atoms with E-state index in [1.54, 1.807) is 0 Å². The average Bonchev–Trinajstić information content (AvgIpc) is 2.44. The zero-order valence-corrected chi connectivity index (χ0v) is 12.8. The second-order valence-electron chi connectivity index (χ2n) is 4.11. The van der Waals surface area contributed by atoms with Crippen LogP contribution in [0.1, 0.15) is 6.92 Å². The van der Waals surface area contributed by atoms with E-state index in [1.807, 2.05) is 0 Å². The summed E-state index contributed by atoms with van der Waals surface area (Å²) in [5.74, 6) is 1.12. The van der Waals surface area contributed by atoms with E-state index in [4.69, 9.17) is 19.9 Å². The monoisotopic (exact) mass is 304 g/mol. The first-order chi connectivity index (χ1) is 9.39. The predicted octanol–water partition coefficient (Wildman–Crippen LogP) is 0.801. The first-order valence-electron chi connectivity index (χ1n) is 5.91. The van der Waals surface area contributed by atoms with Crippen LogP contribution in [0.2, 0.25) is 0 Å². The van der Waals surface area contributed by atoms with Crippen LogP contribution in [0.3, 0.4) is 0 Å². The van der Waals surface area contributed by atoms with Gasteiger partial charge in [0, 0.05) is 18.7 Å². The molecule has 7 nitrogen and oxygen atoms in total. The molecule has 0 aliphatic heterocycles. The summed E-state index contributed by atoms with van der Waals surface area (Å²) < 4.78 is 41.9. The summed E-state index contributed by atoms with van der Waals surface area (Å²) in [7, 11) is 0.826. The fourth-order valence-electron chi connectivity index (χ4n) is 1.53. The minimum Gasteiger partial charge on any atom is -0.493 e. The van der Waals surface area contributed by atoms with Gasteiger partial charge < -0.3 is 19.9 Å². The molecule has 8 heteroatoms. The third kappa shape index (κ3) is 3.45. The van der Waals surface area contributed by atoms with E-state index in [9.17, 15) is 8.42 Å². The Bertz CT molecular complexity index is 534. The Balaban J connectivity index is 3.21. The minimum atomic E-state index is -3.56. The molecule has 0 heterocycles. The Morgan fingerprint density at radius 2 is 1.65 bits per heavy atom. The number of hydrogen-bond donors (Lipinski definition) is 2. The van der Waals surface area contributed by atoms with Crippen molar-refractivity contribution in [3.8, 4) is 17.2 Å². The molecule has 1 aromatic carbocycles. The molecule has 1 aromatic rings. The third-order valence-corrected chi connectivity index (χ3v) is 4.56. The van der Waals surface area contributed by atoms with Crippen LogP contribution in [0.15, 0.2) is 12.1 Å². The van der Waals surface area contributed by atoms with Crippen molar-refractivity contribution in [2.45, 2.75) is 12.2 Å². The average molecular weight is 304 g/mol. The molecular formula is C12H20N2O5S. The fourth-order valence-corrected chi connectivity index (χ4v) is 2.43. The Labute approximate surface area is 119 Å². The van der Waals surface area contributed by atoms with Gasteiger partial charge in [0.1, 0.15) is 0 Å². The summed E-state index contributed by atoms with van der Waals surface area (Å²) >= 11 is 0. The lowest BCUT2D eigenvalue weighted by Crippen LogP contribution is -2.31. The van der Waals surface area contributed by atoms with Crippen LogP contribution in [0, 0.1) is 0 Å². The molecule has 0 radical (unpaired) electrons. The van der Waals surface area contributed by atoms with Gasteiger partial charge in [-0.2, -0.15) is 0 Å². The molecule has 20 heavy (non-hydrogen) atoms. The molecule has 0 saturated carbocycles. The van der Waals surface area contributed by atoms with Crippen molar-refractivity contribution in [2.75, 3.05) is 32.6 Å². The Morgan fingerprint density at radius 3 is 2.00 bits per heavy atom. The van der Waals surface area contributed by atoms with Crippen LogP contribution in [-0.2, 0) is 10.0 Å². The van der Waals surface area contributed by atoms with Crippen LogP contribution in [0.25, 0.3) is 0 Å². The molecular weight excluding hydrogens is 284 g/mol. The number of anilines is 1. The van der Waals surface area contributed by atoms with Gasteiger partial charge in [0.25, 0.3) is 0 Å². The lowest BCUT2D eigenvalue weighted by molar-refractivity contribution is 0.324. The zero-order chi connectivity index (χ0) is 15.3. The number of benzene rings is 1. The van der Waals surface area contributed by atoms with Gasteiger partial charge in [0.2, 0.25) is 15.8 Å². The smallest absolute Gasteiger partial charge is 0.236 e. The number of sulfonamides is 1. The maximum absolute atomic E-state index is 12.0. The summed E-state index contributed by atoms with van der Waals surface area (Å²) in [6.45, 7) is 1.56. The van der Waals surface area contributed by atoms with Crippen molar-refractivity contribution in [2.24, 2.45) is 5.73 Å². The van der Waals surface area contributed by atoms with Gasteiger partial charge >= 0.3 is 0 Å². The summed E-state index contributed by atoms with van der Waals surface area (Å²) in [5, 5.41) is -0.707. The van der Waals surface area contributed by atoms with Crippen molar-refractivity contribution >= 4 is 15.7 Å². The molecule has 0 saturated heterocycles. The molecule has 1 atom stereocenters. The van der Waals surface area contributed by atoms with Crippen LogP contribution in [-0.4, -0.2) is 41.5 Å². The standard InChI is InChI=1S/C12H20N2O5S/c1-8(7-13)20(15,16)14-9-5-10(17-2)12(19-4)11(6-9)18-3/h5-6,8,14H,7,13H2,1-4H3. The van der Waals surface area contributed by atoms with Gasteiger partial charge in [-0.05, 0) is 6.92 Å². The fraction of sp³-hybridized carbons (Fsp3) is 0.500. The van der Waals surface area contributed by atoms with Gasteiger partial charge in [-0.1, -0.05) is 0 Å². The highest BCUT2D eigenvalue weighted by molar-refractivity contribution is 7.93. The number of nitrogens with one attached hydrogen (secondary N) is 1. The Hall–Kier alpha value is -1.67. The second kappa shape index (κ2) is 6.67. The molecule has 0 bridgehead atoms. The highest BCUT2D eigenvalue weighted by atomic mass is 32.2. The van der Waals surface area contributed by atoms with Gasteiger partial charge in [-0.3, -0.25) is 4.72 Å². The Morgan fingerprint density at radius 1 is 1.15 bits per heavy atom. The molecule has 0 aliphatic carbocycles. The lowest BCUT2D eigenvalue weighted by atomic mass is 10.2. The number of nitrogens with two attached hydrogens (primary N) is 1. The number of methoxy groups -OCH3 is 3. The normalized spacial score (nSPS) is 12.7. The van der Waals surface area contributed by atoms with E-state index >= 15 is 0 Å². The van der Waals surface area contributed by atoms with E-state index in [1.165, 1.54) is 40.4 Å². The highest BCUT2D eigenvalue weighted by Gasteiger charge is 2.21. The second-order valence-corrected chi connectivity index (χ2v) is 6.21. The molecule has 0 spiro atoms. The Kier molecular flexibility index (Phi) is 5.46. The van der Waals surface area contributed by atoms with E-state index < -0.39 is 15.3 Å². The largest absolute Gasteiger partial charge is 0.493 e. The van der Waals surface area contributed by atoms with E-state index in [-0.39, 0.29) is 6.54 Å². The van der Waals surface area contributed by atoms with Crippen molar-refractivity contribution < 1.29 is 22.6 Å². The summed E-state index contributed by atoms with van der Waals surface area (Å²) in [5.41, 5.74) is 5.70. The maximum Gasteiger partial charge on any atom is 0.236 e. The SMILES string of the molecule is COc1cc(NS(=O)(=O)C(C)CN)cc(OC)c1OC. The molecule has 0 aromatic heterocycles. The number of hydrogen-bond acceptors (Lipinski definition) is 6. The van der Waals surface area contributed by atoms with Gasteiger partial charge in [0.15, 0.2) is 11.5 Å². The minimum absolute atomic E-state index is 0.0275. The first kappa shape index (κ1) is 16.4. The number of rotatable bonds is 7. The molecule has 1 unspecified atom stereocenters. The van der Waals surface area contributed by atoms with Crippen LogP contribution in [0.5, 0.6) is 17.2 Å². The number of ether oxygens (including phenoxy) is 3. The third-order valence-electron chi connectivity index (χ3n) is 2.79. The molecule has 0 fully saturated rings. The van der Waals surface area contributed by atoms with Crippen molar-refractivity contribution in [1.82, 2.24) is 0 Å². The van der Waals surface area contributed by atoms with E-state index in [2.05, 4.69) is 4.72 Å². The molecule has 1 rings (SSSR count). The molecule has 114 valence electrons. The summed E-state index contributed by atoms with van der Waals surface area (Å²) in [4.78, 5) is 0. The summed E-state index contributed by atoms with van der Waals surface area (Å²) in [6.07, 6.45) is 0. The topological polar surface area (TPSA) is 99.9 Å². The van der Waals surface area contributed by atoms with Gasteiger partial charge in [0.05, 0.1) is 32.3 Å². The molecule has 0 aliphatic rings. The lowest BCUT2D eigenvalue weighted by Gasteiger charge is -2.17. The quantitative estimate of drug-likeness (QED) is 0.773. The van der Waals surface area contributed by atoms with Crippen molar-refractivity contribution in [3.63, 3.8) is 0 Å². The molecule has 0 amide bonds. The van der Waals surface area contributed by atoms with E-state index in [0.717, 1.165) is 0 Å². The van der Waals surface area contributed by atoms with Gasteiger partial charge in [-0.15, -0.1) is 0 Å². The predicted molar refractivity (Wildman–Crippen MR) is 77.2 cm³/mol. The summed E-state index contributed by atoms with van der Waals surface area (Å²) in [6, 6.07) is 3.03. The van der Waals surface area contributed by atoms with Crippen LogP contribution in [0.4, 0.5) is 5.69 Å². The van der Waals surface area contributed by atoms with Crippen LogP contribution < -0.4 is 24.7 Å². The molecule has 3 N–H and O–H groups in total. The van der Waals surface area contributed by atoms with Crippen molar-refractivity contribution in [1.29, 1.82) is 0 Å². The van der Waals surface area contributed by atoms with Crippen LogP contribution >= 0.6 is 0 Å². The van der Waals surface area contributed by atoms with Gasteiger partial charge in [-0.25, -0.2) is 8.42 Å².